The third-order valence-electron chi connectivity index (χ3n) is 2.25. The standard InChI is InChI=1S/C10H19O/c1-2-3-4-5-6-7-10-8-9-11-10/h2-9H2,1H3. The number of rotatable bonds is 6. The van der Waals surface area contributed by atoms with Gasteiger partial charge in [-0.2, -0.15) is 0 Å². The second-order valence-corrected chi connectivity index (χ2v) is 3.30. The summed E-state index contributed by atoms with van der Waals surface area (Å²) in [5, 5.41) is 0. The van der Waals surface area contributed by atoms with Crippen LogP contribution in [0, 0.1) is 6.10 Å². The van der Waals surface area contributed by atoms with Gasteiger partial charge in [0, 0.05) is 6.42 Å². The van der Waals surface area contributed by atoms with E-state index in [1.807, 2.05) is 0 Å². The van der Waals surface area contributed by atoms with Crippen molar-refractivity contribution in [3.63, 3.8) is 0 Å². The van der Waals surface area contributed by atoms with Gasteiger partial charge in [-0.1, -0.05) is 39.0 Å². The fourth-order valence-electron chi connectivity index (χ4n) is 1.37. The summed E-state index contributed by atoms with van der Waals surface area (Å²) in [6.07, 6.45) is 10.7. The van der Waals surface area contributed by atoms with Crippen molar-refractivity contribution in [2.24, 2.45) is 0 Å². The average molecular weight is 155 g/mol. The van der Waals surface area contributed by atoms with Crippen molar-refractivity contribution >= 4 is 0 Å². The lowest BCUT2D eigenvalue weighted by molar-refractivity contribution is 0.0337. The molecule has 1 heteroatoms. The second-order valence-electron chi connectivity index (χ2n) is 3.30. The molecule has 1 saturated heterocycles. The highest BCUT2D eigenvalue weighted by Crippen LogP contribution is 2.25. The van der Waals surface area contributed by atoms with Crippen LogP contribution >= 0.6 is 0 Å². The van der Waals surface area contributed by atoms with Crippen molar-refractivity contribution in [1.82, 2.24) is 0 Å². The Morgan fingerprint density at radius 1 is 1.18 bits per heavy atom. The first-order chi connectivity index (χ1) is 5.43. The van der Waals surface area contributed by atoms with Gasteiger partial charge in [0.1, 0.15) is 0 Å². The van der Waals surface area contributed by atoms with Gasteiger partial charge in [0.05, 0.1) is 12.7 Å². The zero-order valence-corrected chi connectivity index (χ0v) is 7.57. The lowest BCUT2D eigenvalue weighted by atomic mass is 10.0. The quantitative estimate of drug-likeness (QED) is 0.535. The highest BCUT2D eigenvalue weighted by Gasteiger charge is 2.17. The molecule has 1 fully saturated rings. The summed E-state index contributed by atoms with van der Waals surface area (Å²) in [6, 6.07) is 0. The fourth-order valence-corrected chi connectivity index (χ4v) is 1.37. The molecule has 0 N–H and O–H groups in total. The van der Waals surface area contributed by atoms with E-state index >= 15 is 0 Å². The monoisotopic (exact) mass is 155 g/mol. The maximum absolute atomic E-state index is 5.25. The molecular weight excluding hydrogens is 136 g/mol. The van der Waals surface area contributed by atoms with Crippen LogP contribution in [0.4, 0.5) is 0 Å². The zero-order valence-electron chi connectivity index (χ0n) is 7.57. The third kappa shape index (κ3) is 3.76. The fraction of sp³-hybridized carbons (Fsp3) is 0.900. The maximum Gasteiger partial charge on any atom is 0.0993 e. The van der Waals surface area contributed by atoms with E-state index in [0.717, 1.165) is 6.61 Å². The van der Waals surface area contributed by atoms with Crippen LogP contribution in [-0.2, 0) is 4.74 Å². The largest absolute Gasteiger partial charge is 0.372 e. The molecule has 0 bridgehead atoms. The molecule has 0 amide bonds. The number of ether oxygens (including phenoxy) is 1. The summed E-state index contributed by atoms with van der Waals surface area (Å²) in [5.41, 5.74) is 0. The molecule has 0 aromatic carbocycles. The first-order valence-corrected chi connectivity index (χ1v) is 4.91. The van der Waals surface area contributed by atoms with E-state index in [9.17, 15) is 0 Å². The van der Waals surface area contributed by atoms with Gasteiger partial charge in [-0.15, -0.1) is 0 Å². The van der Waals surface area contributed by atoms with E-state index in [1.165, 1.54) is 51.0 Å². The molecule has 0 unspecified atom stereocenters. The van der Waals surface area contributed by atoms with Gasteiger partial charge in [0.25, 0.3) is 0 Å². The Bertz CT molecular complexity index is 86.9. The lowest BCUT2D eigenvalue weighted by Gasteiger charge is -2.24. The van der Waals surface area contributed by atoms with E-state index in [0.29, 0.717) is 0 Å². The summed E-state index contributed by atoms with van der Waals surface area (Å²) >= 11 is 0. The first-order valence-electron chi connectivity index (χ1n) is 4.91. The molecule has 1 heterocycles. The van der Waals surface area contributed by atoms with Gasteiger partial charge in [0.2, 0.25) is 0 Å². The van der Waals surface area contributed by atoms with Gasteiger partial charge in [-0.05, 0) is 6.42 Å². The van der Waals surface area contributed by atoms with E-state index in [4.69, 9.17) is 4.74 Å². The van der Waals surface area contributed by atoms with Crippen molar-refractivity contribution in [3.05, 3.63) is 6.10 Å². The number of hydrogen-bond donors (Lipinski definition) is 0. The van der Waals surface area contributed by atoms with Gasteiger partial charge in [0.15, 0.2) is 0 Å². The molecule has 1 nitrogen and oxygen atoms in total. The molecular formula is C10H19O. The van der Waals surface area contributed by atoms with E-state index in [-0.39, 0.29) is 0 Å². The highest BCUT2D eigenvalue weighted by molar-refractivity contribution is 4.85. The van der Waals surface area contributed by atoms with Gasteiger partial charge < -0.3 is 4.74 Å². The molecule has 1 radical (unpaired) electrons. The van der Waals surface area contributed by atoms with Crippen LogP contribution in [-0.4, -0.2) is 6.61 Å². The molecule has 0 aliphatic carbocycles. The Balaban J connectivity index is 1.73. The van der Waals surface area contributed by atoms with E-state index in [1.54, 1.807) is 0 Å². The topological polar surface area (TPSA) is 9.23 Å². The predicted octanol–water partition coefficient (Wildman–Crippen LogP) is 3.30. The van der Waals surface area contributed by atoms with Crippen LogP contribution < -0.4 is 0 Å². The lowest BCUT2D eigenvalue weighted by Crippen LogP contribution is -2.17. The van der Waals surface area contributed by atoms with Crippen LogP contribution in [0.5, 0.6) is 0 Å². The van der Waals surface area contributed by atoms with Crippen LogP contribution in [0.3, 0.4) is 0 Å². The van der Waals surface area contributed by atoms with Crippen LogP contribution in [0.1, 0.15) is 51.9 Å². The van der Waals surface area contributed by atoms with Crippen molar-refractivity contribution in [3.8, 4) is 0 Å². The molecule has 0 aromatic heterocycles. The Hall–Kier alpha value is -0.0400. The molecule has 11 heavy (non-hydrogen) atoms. The SMILES string of the molecule is CCCCCCC[C]1CCO1. The minimum absolute atomic E-state index is 0.976. The molecule has 0 atom stereocenters. The zero-order chi connectivity index (χ0) is 7.94. The maximum atomic E-state index is 5.25. The van der Waals surface area contributed by atoms with Gasteiger partial charge >= 0.3 is 0 Å². The second kappa shape index (κ2) is 5.59. The Labute approximate surface area is 70.1 Å². The number of hydrogen-bond acceptors (Lipinski definition) is 1. The van der Waals surface area contributed by atoms with Crippen LogP contribution in [0.2, 0.25) is 0 Å². The summed E-state index contributed by atoms with van der Waals surface area (Å²) in [4.78, 5) is 0. The van der Waals surface area contributed by atoms with Crippen LogP contribution in [0.25, 0.3) is 0 Å². The summed E-state index contributed by atoms with van der Waals surface area (Å²) in [7, 11) is 0. The molecule has 65 valence electrons. The smallest absolute Gasteiger partial charge is 0.0993 e. The first kappa shape index (κ1) is 9.05. The van der Waals surface area contributed by atoms with E-state index in [2.05, 4.69) is 6.92 Å². The summed E-state index contributed by atoms with van der Waals surface area (Å²) in [5.74, 6) is 0. The minimum Gasteiger partial charge on any atom is -0.372 e. The average Bonchev–Trinajstić information content (AvgIpc) is 1.93. The van der Waals surface area contributed by atoms with E-state index < -0.39 is 0 Å². The van der Waals surface area contributed by atoms with Crippen LogP contribution in [0.15, 0.2) is 0 Å². The molecule has 1 rings (SSSR count). The Kier molecular flexibility index (Phi) is 4.60. The predicted molar refractivity (Wildman–Crippen MR) is 47.2 cm³/mol. The molecule has 0 aromatic rings. The third-order valence-corrected chi connectivity index (χ3v) is 2.25. The van der Waals surface area contributed by atoms with Gasteiger partial charge in [-0.3, -0.25) is 0 Å². The van der Waals surface area contributed by atoms with Crippen molar-refractivity contribution < 1.29 is 4.74 Å². The summed E-state index contributed by atoms with van der Waals surface area (Å²) in [6.45, 7) is 3.23. The number of unbranched alkanes of at least 4 members (excludes halogenated alkanes) is 4. The molecule has 0 spiro atoms. The Morgan fingerprint density at radius 2 is 1.91 bits per heavy atom. The minimum atomic E-state index is 0.976. The normalized spacial score (nSPS) is 18.3. The summed E-state index contributed by atoms with van der Waals surface area (Å²) < 4.78 is 5.25. The molecule has 0 saturated carbocycles. The molecule has 1 aliphatic rings. The van der Waals surface area contributed by atoms with Crippen molar-refractivity contribution in [1.29, 1.82) is 0 Å². The highest BCUT2D eigenvalue weighted by atomic mass is 16.5. The van der Waals surface area contributed by atoms with Crippen molar-refractivity contribution in [2.75, 3.05) is 6.61 Å². The van der Waals surface area contributed by atoms with Gasteiger partial charge in [-0.25, -0.2) is 0 Å². The molecule has 1 aliphatic heterocycles. The van der Waals surface area contributed by atoms with Crippen molar-refractivity contribution in [2.45, 2.75) is 51.9 Å². The Morgan fingerprint density at radius 3 is 2.45 bits per heavy atom.